The summed E-state index contributed by atoms with van der Waals surface area (Å²) in [5, 5.41) is 12.3. The number of hydrogen-bond donors (Lipinski definition) is 2. The van der Waals surface area contributed by atoms with Crippen molar-refractivity contribution in [2.45, 2.75) is 19.4 Å². The standard InChI is InChI=1S/C11H16ClNO/c1-2-9-3-5-10(6-4-9)13-8-11(14)7-12/h3-6,11,13-14H,2,7-8H2,1H3. The monoisotopic (exact) mass is 213 g/mol. The molecule has 0 heterocycles. The van der Waals surface area contributed by atoms with E-state index in [4.69, 9.17) is 11.6 Å². The van der Waals surface area contributed by atoms with Crippen LogP contribution in [0.1, 0.15) is 12.5 Å². The molecule has 14 heavy (non-hydrogen) atoms. The lowest BCUT2D eigenvalue weighted by Crippen LogP contribution is -2.20. The first-order valence-corrected chi connectivity index (χ1v) is 5.36. The van der Waals surface area contributed by atoms with Crippen molar-refractivity contribution in [3.05, 3.63) is 29.8 Å². The van der Waals surface area contributed by atoms with Crippen LogP contribution in [0.4, 0.5) is 5.69 Å². The van der Waals surface area contributed by atoms with Crippen LogP contribution >= 0.6 is 11.6 Å². The van der Waals surface area contributed by atoms with E-state index >= 15 is 0 Å². The lowest BCUT2D eigenvalue weighted by molar-refractivity contribution is 0.211. The van der Waals surface area contributed by atoms with Crippen molar-refractivity contribution in [2.24, 2.45) is 0 Å². The third-order valence-electron chi connectivity index (χ3n) is 2.08. The van der Waals surface area contributed by atoms with E-state index in [9.17, 15) is 5.11 Å². The highest BCUT2D eigenvalue weighted by Crippen LogP contribution is 2.09. The van der Waals surface area contributed by atoms with Gasteiger partial charge in [-0.3, -0.25) is 0 Å². The summed E-state index contributed by atoms with van der Waals surface area (Å²) in [6.45, 7) is 2.62. The summed E-state index contributed by atoms with van der Waals surface area (Å²) in [4.78, 5) is 0. The fourth-order valence-corrected chi connectivity index (χ4v) is 1.26. The van der Waals surface area contributed by atoms with Crippen LogP contribution in [0.25, 0.3) is 0 Å². The second-order valence-corrected chi connectivity index (χ2v) is 3.55. The Kier molecular flexibility index (Phi) is 4.77. The maximum Gasteiger partial charge on any atom is 0.0847 e. The Balaban J connectivity index is 2.43. The molecule has 0 bridgehead atoms. The molecule has 0 spiro atoms. The van der Waals surface area contributed by atoms with Crippen LogP contribution in [0.15, 0.2) is 24.3 Å². The van der Waals surface area contributed by atoms with E-state index in [2.05, 4.69) is 24.4 Å². The number of alkyl halides is 1. The molecule has 0 aliphatic rings. The average molecular weight is 214 g/mol. The first kappa shape index (κ1) is 11.3. The van der Waals surface area contributed by atoms with Crippen LogP contribution in [-0.2, 0) is 6.42 Å². The van der Waals surface area contributed by atoms with Crippen molar-refractivity contribution in [3.63, 3.8) is 0 Å². The predicted octanol–water partition coefficient (Wildman–Crippen LogP) is 2.26. The van der Waals surface area contributed by atoms with Gasteiger partial charge in [0.2, 0.25) is 0 Å². The molecule has 0 aliphatic carbocycles. The number of rotatable bonds is 5. The lowest BCUT2D eigenvalue weighted by atomic mass is 10.1. The Morgan fingerprint density at radius 3 is 2.50 bits per heavy atom. The average Bonchev–Trinajstić information content (AvgIpc) is 2.26. The predicted molar refractivity (Wildman–Crippen MR) is 61.0 cm³/mol. The van der Waals surface area contributed by atoms with Gasteiger partial charge < -0.3 is 10.4 Å². The summed E-state index contributed by atoms with van der Waals surface area (Å²) in [7, 11) is 0. The summed E-state index contributed by atoms with van der Waals surface area (Å²) in [6, 6.07) is 8.18. The van der Waals surface area contributed by atoms with Crippen molar-refractivity contribution >= 4 is 17.3 Å². The minimum Gasteiger partial charge on any atom is -0.390 e. The van der Waals surface area contributed by atoms with E-state index < -0.39 is 6.10 Å². The topological polar surface area (TPSA) is 32.3 Å². The van der Waals surface area contributed by atoms with Crippen molar-refractivity contribution in [1.29, 1.82) is 0 Å². The first-order chi connectivity index (χ1) is 6.76. The number of benzene rings is 1. The molecule has 1 aromatic rings. The fourth-order valence-electron chi connectivity index (χ4n) is 1.15. The summed E-state index contributed by atoms with van der Waals surface area (Å²) in [5.74, 6) is 0.264. The van der Waals surface area contributed by atoms with Gasteiger partial charge in [0.1, 0.15) is 0 Å². The molecular weight excluding hydrogens is 198 g/mol. The number of anilines is 1. The van der Waals surface area contributed by atoms with Gasteiger partial charge in [0.15, 0.2) is 0 Å². The fraction of sp³-hybridized carbons (Fsp3) is 0.455. The first-order valence-electron chi connectivity index (χ1n) is 4.83. The second-order valence-electron chi connectivity index (χ2n) is 3.24. The van der Waals surface area contributed by atoms with Gasteiger partial charge in [0.05, 0.1) is 12.0 Å². The highest BCUT2D eigenvalue weighted by Gasteiger charge is 2.00. The SMILES string of the molecule is CCc1ccc(NCC(O)CCl)cc1. The maximum atomic E-state index is 9.23. The van der Waals surface area contributed by atoms with E-state index in [0.29, 0.717) is 6.54 Å². The second kappa shape index (κ2) is 5.89. The summed E-state index contributed by atoms with van der Waals surface area (Å²) < 4.78 is 0. The number of halogens is 1. The van der Waals surface area contributed by atoms with Crippen LogP contribution in [0.2, 0.25) is 0 Å². The Bertz CT molecular complexity index is 260. The molecule has 0 saturated carbocycles. The molecule has 0 radical (unpaired) electrons. The van der Waals surface area contributed by atoms with E-state index in [1.165, 1.54) is 5.56 Å². The van der Waals surface area contributed by atoms with Gasteiger partial charge in [-0.25, -0.2) is 0 Å². The van der Waals surface area contributed by atoms with Crippen molar-refractivity contribution in [3.8, 4) is 0 Å². The Labute approximate surface area is 89.9 Å². The Morgan fingerprint density at radius 1 is 1.36 bits per heavy atom. The van der Waals surface area contributed by atoms with Crippen LogP contribution in [0.5, 0.6) is 0 Å². The van der Waals surface area contributed by atoms with Crippen LogP contribution < -0.4 is 5.32 Å². The molecule has 1 rings (SSSR count). The molecule has 2 nitrogen and oxygen atoms in total. The molecule has 1 aromatic carbocycles. The maximum absolute atomic E-state index is 9.23. The van der Waals surface area contributed by atoms with E-state index in [1.807, 2.05) is 12.1 Å². The van der Waals surface area contributed by atoms with Crippen molar-refractivity contribution < 1.29 is 5.11 Å². The molecule has 2 N–H and O–H groups in total. The summed E-state index contributed by atoms with van der Waals surface area (Å²) in [6.07, 6.45) is 0.562. The largest absolute Gasteiger partial charge is 0.390 e. The molecular formula is C11H16ClNO. The van der Waals surface area contributed by atoms with Crippen molar-refractivity contribution in [2.75, 3.05) is 17.7 Å². The quantitative estimate of drug-likeness (QED) is 0.736. The summed E-state index contributed by atoms with van der Waals surface area (Å²) >= 11 is 5.48. The molecule has 1 unspecified atom stereocenters. The van der Waals surface area contributed by atoms with E-state index in [1.54, 1.807) is 0 Å². The molecule has 0 aliphatic heterocycles. The van der Waals surface area contributed by atoms with E-state index in [-0.39, 0.29) is 5.88 Å². The van der Waals surface area contributed by atoms with Crippen LogP contribution in [-0.4, -0.2) is 23.6 Å². The molecule has 1 atom stereocenters. The highest BCUT2D eigenvalue weighted by atomic mass is 35.5. The van der Waals surface area contributed by atoms with Gasteiger partial charge in [0.25, 0.3) is 0 Å². The summed E-state index contributed by atoms with van der Waals surface area (Å²) in [5.41, 5.74) is 2.33. The zero-order valence-electron chi connectivity index (χ0n) is 8.33. The smallest absolute Gasteiger partial charge is 0.0847 e. The van der Waals surface area contributed by atoms with Crippen LogP contribution in [0.3, 0.4) is 0 Å². The minimum absolute atomic E-state index is 0.264. The minimum atomic E-state index is -0.484. The molecule has 3 heteroatoms. The van der Waals surface area contributed by atoms with Gasteiger partial charge in [0, 0.05) is 12.2 Å². The number of nitrogens with one attached hydrogen (secondary N) is 1. The number of aryl methyl sites for hydroxylation is 1. The molecule has 0 fully saturated rings. The van der Waals surface area contributed by atoms with E-state index in [0.717, 1.165) is 12.1 Å². The molecule has 0 aromatic heterocycles. The highest BCUT2D eigenvalue weighted by molar-refractivity contribution is 6.18. The molecule has 0 amide bonds. The van der Waals surface area contributed by atoms with Gasteiger partial charge >= 0.3 is 0 Å². The Hall–Kier alpha value is -0.730. The lowest BCUT2D eigenvalue weighted by Gasteiger charge is -2.10. The number of aliphatic hydroxyl groups excluding tert-OH is 1. The number of hydrogen-bond acceptors (Lipinski definition) is 2. The third-order valence-corrected chi connectivity index (χ3v) is 2.44. The van der Waals surface area contributed by atoms with Crippen molar-refractivity contribution in [1.82, 2.24) is 0 Å². The van der Waals surface area contributed by atoms with Gasteiger partial charge in [-0.2, -0.15) is 0 Å². The zero-order valence-corrected chi connectivity index (χ0v) is 9.09. The zero-order chi connectivity index (χ0) is 10.4. The van der Waals surface area contributed by atoms with Gasteiger partial charge in [-0.05, 0) is 24.1 Å². The van der Waals surface area contributed by atoms with Gasteiger partial charge in [-0.15, -0.1) is 11.6 Å². The number of aliphatic hydroxyl groups is 1. The van der Waals surface area contributed by atoms with Crippen LogP contribution in [0, 0.1) is 0 Å². The van der Waals surface area contributed by atoms with Gasteiger partial charge in [-0.1, -0.05) is 19.1 Å². The third kappa shape index (κ3) is 3.56. The molecule has 78 valence electrons. The molecule has 0 saturated heterocycles. The normalized spacial score (nSPS) is 12.5. The Morgan fingerprint density at radius 2 is 2.00 bits per heavy atom.